The topological polar surface area (TPSA) is 92.5 Å². The summed E-state index contributed by atoms with van der Waals surface area (Å²) in [6, 6.07) is 5.14. The van der Waals surface area contributed by atoms with Gasteiger partial charge in [0, 0.05) is 32.2 Å². The first-order chi connectivity index (χ1) is 11.2. The number of guanidine groups is 2. The second-order valence-electron chi connectivity index (χ2n) is 5.28. The van der Waals surface area contributed by atoms with Crippen molar-refractivity contribution < 1.29 is 17.9 Å². The summed E-state index contributed by atoms with van der Waals surface area (Å²) >= 11 is 0. The van der Waals surface area contributed by atoms with Gasteiger partial charge < -0.3 is 26.0 Å². The molecule has 4 N–H and O–H groups in total. The Bertz CT molecular complexity index is 623. The van der Waals surface area contributed by atoms with E-state index in [9.17, 15) is 13.2 Å². The Balaban J connectivity index is 2.07. The number of rotatable bonds is 2. The molecule has 1 heterocycles. The van der Waals surface area contributed by atoms with Crippen molar-refractivity contribution >= 4 is 17.6 Å². The van der Waals surface area contributed by atoms with Crippen LogP contribution in [0.2, 0.25) is 0 Å². The number of nitrogens with two attached hydrogens (primary N) is 2. The molecular weight excluding hydrogens is 325 g/mol. The highest BCUT2D eigenvalue weighted by Gasteiger charge is 2.31. The first kappa shape index (κ1) is 17.9. The lowest BCUT2D eigenvalue weighted by Crippen LogP contribution is -2.50. The van der Waals surface area contributed by atoms with E-state index in [0.717, 1.165) is 19.2 Å². The van der Waals surface area contributed by atoms with Crippen LogP contribution in [0.3, 0.4) is 0 Å². The number of nitrogens with zero attached hydrogens (tertiary/aromatic N) is 4. The van der Waals surface area contributed by atoms with Crippen LogP contribution in [0, 0.1) is 0 Å². The molecule has 0 saturated carbocycles. The smallest absolute Gasteiger partial charge is 0.406 e. The monoisotopic (exact) mass is 344 g/mol. The Morgan fingerprint density at radius 3 is 2.46 bits per heavy atom. The van der Waals surface area contributed by atoms with E-state index in [-0.39, 0.29) is 23.4 Å². The van der Waals surface area contributed by atoms with Gasteiger partial charge in [-0.15, -0.1) is 13.2 Å². The number of likely N-dealkylation sites (N-methyl/N-ethyl adjacent to an activating group) is 1. The minimum atomic E-state index is -4.77. The molecule has 1 aliphatic rings. The third-order valence-electron chi connectivity index (χ3n) is 3.35. The maximum absolute atomic E-state index is 12.2. The maximum Gasteiger partial charge on any atom is 0.573 e. The summed E-state index contributed by atoms with van der Waals surface area (Å²) in [6.45, 7) is 3.14. The van der Waals surface area contributed by atoms with Crippen LogP contribution in [0.1, 0.15) is 0 Å². The molecule has 1 saturated heterocycles. The normalized spacial score (nSPS) is 17.9. The van der Waals surface area contributed by atoms with Crippen molar-refractivity contribution in [2.24, 2.45) is 21.5 Å². The largest absolute Gasteiger partial charge is 0.573 e. The second kappa shape index (κ2) is 7.39. The molecule has 1 fully saturated rings. The van der Waals surface area contributed by atoms with Crippen LogP contribution in [0.4, 0.5) is 18.9 Å². The number of halogens is 3. The van der Waals surface area contributed by atoms with E-state index in [1.54, 1.807) is 0 Å². The minimum Gasteiger partial charge on any atom is -0.406 e. The fourth-order valence-electron chi connectivity index (χ4n) is 2.13. The van der Waals surface area contributed by atoms with Crippen molar-refractivity contribution in [1.82, 2.24) is 9.80 Å². The van der Waals surface area contributed by atoms with Gasteiger partial charge in [-0.2, -0.15) is 4.99 Å². The lowest BCUT2D eigenvalue weighted by atomic mass is 10.3. The van der Waals surface area contributed by atoms with Crippen molar-refractivity contribution in [1.29, 1.82) is 0 Å². The summed E-state index contributed by atoms with van der Waals surface area (Å²) in [4.78, 5) is 12.0. The first-order valence-electron chi connectivity index (χ1n) is 7.20. The summed E-state index contributed by atoms with van der Waals surface area (Å²) < 4.78 is 40.5. The average Bonchev–Trinajstić information content (AvgIpc) is 2.46. The van der Waals surface area contributed by atoms with E-state index in [1.807, 2.05) is 11.9 Å². The number of benzene rings is 1. The molecular formula is C14H19F3N6O. The van der Waals surface area contributed by atoms with Gasteiger partial charge in [-0.05, 0) is 19.2 Å². The summed E-state index contributed by atoms with van der Waals surface area (Å²) in [7, 11) is 2.01. The Morgan fingerprint density at radius 1 is 1.17 bits per heavy atom. The molecule has 0 atom stereocenters. The standard InChI is InChI=1S/C14H19F3N6O/c1-22-5-7-23(8-6-22)13(19)21-12(18)20-10-3-2-4-11(9-10)24-14(15,16)17/h2-4,9H,5-8H2,1H3,(H4,18,19,20,21). The molecule has 132 valence electrons. The van der Waals surface area contributed by atoms with Gasteiger partial charge in [-0.1, -0.05) is 6.07 Å². The highest BCUT2D eigenvalue weighted by atomic mass is 19.4. The quantitative estimate of drug-likeness (QED) is 0.619. The van der Waals surface area contributed by atoms with E-state index in [2.05, 4.69) is 19.6 Å². The highest BCUT2D eigenvalue weighted by molar-refractivity contribution is 5.94. The van der Waals surface area contributed by atoms with Crippen LogP contribution in [0.25, 0.3) is 0 Å². The Hall–Kier alpha value is -2.49. The van der Waals surface area contributed by atoms with Crippen LogP contribution < -0.4 is 16.2 Å². The number of aliphatic imine (C=N–C) groups is 2. The molecule has 0 radical (unpaired) electrons. The highest BCUT2D eigenvalue weighted by Crippen LogP contribution is 2.26. The molecule has 7 nitrogen and oxygen atoms in total. The average molecular weight is 344 g/mol. The third kappa shape index (κ3) is 5.61. The number of hydrogen-bond donors (Lipinski definition) is 2. The lowest BCUT2D eigenvalue weighted by molar-refractivity contribution is -0.274. The Morgan fingerprint density at radius 2 is 1.83 bits per heavy atom. The van der Waals surface area contributed by atoms with Crippen molar-refractivity contribution in [2.45, 2.75) is 6.36 Å². The van der Waals surface area contributed by atoms with Gasteiger partial charge in [0.05, 0.1) is 5.69 Å². The summed E-state index contributed by atoms with van der Waals surface area (Å²) in [5.41, 5.74) is 11.8. The van der Waals surface area contributed by atoms with Crippen molar-refractivity contribution in [3.63, 3.8) is 0 Å². The first-order valence-corrected chi connectivity index (χ1v) is 7.20. The van der Waals surface area contributed by atoms with Crippen LogP contribution in [0.15, 0.2) is 34.3 Å². The van der Waals surface area contributed by atoms with Gasteiger partial charge in [0.25, 0.3) is 0 Å². The SMILES string of the molecule is CN1CCN(/C(N)=N/C(N)=Nc2cccc(OC(F)(F)F)c2)CC1. The zero-order valence-corrected chi connectivity index (χ0v) is 13.1. The minimum absolute atomic E-state index is 0.143. The molecule has 0 spiro atoms. The summed E-state index contributed by atoms with van der Waals surface area (Å²) in [6.07, 6.45) is -4.77. The van der Waals surface area contributed by atoms with Crippen LogP contribution in [-0.4, -0.2) is 61.3 Å². The van der Waals surface area contributed by atoms with Crippen molar-refractivity contribution in [2.75, 3.05) is 33.2 Å². The predicted octanol–water partition coefficient (Wildman–Crippen LogP) is 1.09. The molecule has 0 unspecified atom stereocenters. The molecule has 0 aliphatic carbocycles. The molecule has 24 heavy (non-hydrogen) atoms. The van der Waals surface area contributed by atoms with E-state index in [0.29, 0.717) is 13.1 Å². The zero-order valence-electron chi connectivity index (χ0n) is 13.1. The molecule has 1 aromatic rings. The van der Waals surface area contributed by atoms with Gasteiger partial charge >= 0.3 is 6.36 Å². The van der Waals surface area contributed by atoms with Gasteiger partial charge in [-0.3, -0.25) is 0 Å². The Kier molecular flexibility index (Phi) is 5.50. The number of ether oxygens (including phenoxy) is 1. The molecule has 0 bridgehead atoms. The number of alkyl halides is 3. The van der Waals surface area contributed by atoms with E-state index >= 15 is 0 Å². The van der Waals surface area contributed by atoms with E-state index in [4.69, 9.17) is 11.5 Å². The van der Waals surface area contributed by atoms with Crippen LogP contribution >= 0.6 is 0 Å². The Labute approximate surface area is 137 Å². The van der Waals surface area contributed by atoms with E-state index in [1.165, 1.54) is 18.2 Å². The number of piperazine rings is 1. The molecule has 1 aliphatic heterocycles. The molecule has 0 amide bonds. The lowest BCUT2D eigenvalue weighted by Gasteiger charge is -2.32. The molecule has 10 heteroatoms. The molecule has 2 rings (SSSR count). The number of hydrogen-bond acceptors (Lipinski definition) is 3. The van der Waals surface area contributed by atoms with E-state index < -0.39 is 6.36 Å². The fourth-order valence-corrected chi connectivity index (χ4v) is 2.13. The third-order valence-corrected chi connectivity index (χ3v) is 3.35. The van der Waals surface area contributed by atoms with Gasteiger partial charge in [0.15, 0.2) is 5.96 Å². The van der Waals surface area contributed by atoms with Gasteiger partial charge in [0.1, 0.15) is 5.75 Å². The summed E-state index contributed by atoms with van der Waals surface area (Å²) in [5, 5.41) is 0. The van der Waals surface area contributed by atoms with Crippen LogP contribution in [0.5, 0.6) is 5.75 Å². The predicted molar refractivity (Wildman–Crippen MR) is 85.1 cm³/mol. The molecule has 0 aromatic heterocycles. The van der Waals surface area contributed by atoms with Gasteiger partial charge in [-0.25, -0.2) is 4.99 Å². The fraction of sp³-hybridized carbons (Fsp3) is 0.429. The summed E-state index contributed by atoms with van der Waals surface area (Å²) in [5.74, 6) is -0.296. The molecule has 1 aromatic carbocycles. The van der Waals surface area contributed by atoms with Crippen molar-refractivity contribution in [3.8, 4) is 5.75 Å². The second-order valence-corrected chi connectivity index (χ2v) is 5.28. The zero-order chi connectivity index (χ0) is 17.7. The maximum atomic E-state index is 12.2. The van der Waals surface area contributed by atoms with Crippen molar-refractivity contribution in [3.05, 3.63) is 24.3 Å². The van der Waals surface area contributed by atoms with Crippen LogP contribution in [-0.2, 0) is 0 Å². The van der Waals surface area contributed by atoms with Gasteiger partial charge in [0.2, 0.25) is 5.96 Å².